The highest BCUT2D eigenvalue weighted by Crippen LogP contribution is 2.11. The molecular weight excluding hydrogens is 290 g/mol. The normalized spacial score (nSPS) is 11.3. The molecular formula is C15H14NO4S-. The Bertz CT molecular complexity index is 734. The number of rotatable bonds is 5. The van der Waals surface area contributed by atoms with Crippen LogP contribution in [0.25, 0.3) is 0 Å². The van der Waals surface area contributed by atoms with E-state index in [0.29, 0.717) is 5.56 Å². The molecule has 0 saturated carbocycles. The van der Waals surface area contributed by atoms with Gasteiger partial charge in [-0.3, -0.25) is 0 Å². The molecule has 2 aromatic carbocycles. The third kappa shape index (κ3) is 3.90. The van der Waals surface area contributed by atoms with Crippen LogP contribution in [0.2, 0.25) is 0 Å². The second-order valence-corrected chi connectivity index (χ2v) is 6.39. The number of carbonyl (C=O) groups is 1. The summed E-state index contributed by atoms with van der Waals surface area (Å²) in [5.74, 6) is -1.26. The summed E-state index contributed by atoms with van der Waals surface area (Å²) in [6.07, 6.45) is 0. The third-order valence-corrected chi connectivity index (χ3v) is 4.40. The van der Waals surface area contributed by atoms with Crippen molar-refractivity contribution in [3.8, 4) is 0 Å². The lowest BCUT2D eigenvalue weighted by Gasteiger charge is -2.08. The maximum atomic E-state index is 12.1. The minimum absolute atomic E-state index is 0.0557. The number of hydrogen-bond donors (Lipinski definition) is 1. The standard InChI is InChI=1S/C15H15NO4S/c1-11-2-8-14(9-3-11)21(19,20)16-10-12-4-6-13(7-5-12)15(17)18/h2-9,16H,10H2,1H3,(H,17,18)/p-1. The van der Waals surface area contributed by atoms with E-state index in [1.54, 1.807) is 24.3 Å². The maximum Gasteiger partial charge on any atom is 0.240 e. The van der Waals surface area contributed by atoms with E-state index in [1.165, 1.54) is 24.3 Å². The smallest absolute Gasteiger partial charge is 0.240 e. The number of carboxylic acid groups (broad SMARTS) is 1. The highest BCUT2D eigenvalue weighted by Gasteiger charge is 2.12. The molecule has 110 valence electrons. The summed E-state index contributed by atoms with van der Waals surface area (Å²) in [7, 11) is -3.58. The van der Waals surface area contributed by atoms with E-state index in [-0.39, 0.29) is 17.0 Å². The van der Waals surface area contributed by atoms with Crippen LogP contribution in [0.5, 0.6) is 0 Å². The number of sulfonamides is 1. The minimum Gasteiger partial charge on any atom is -0.545 e. The molecule has 0 aromatic heterocycles. The average Bonchev–Trinajstić information content (AvgIpc) is 2.46. The van der Waals surface area contributed by atoms with Crippen LogP contribution in [0, 0.1) is 6.92 Å². The first-order valence-corrected chi connectivity index (χ1v) is 7.73. The van der Waals surface area contributed by atoms with Crippen molar-refractivity contribution in [3.63, 3.8) is 0 Å². The van der Waals surface area contributed by atoms with Crippen LogP contribution in [0.1, 0.15) is 21.5 Å². The van der Waals surface area contributed by atoms with Crippen LogP contribution in [0.15, 0.2) is 53.4 Å². The number of nitrogens with one attached hydrogen (secondary N) is 1. The molecule has 2 rings (SSSR count). The second kappa shape index (κ2) is 6.07. The van der Waals surface area contributed by atoms with E-state index in [1.807, 2.05) is 6.92 Å². The Balaban J connectivity index is 2.08. The number of aromatic carboxylic acids is 1. The van der Waals surface area contributed by atoms with E-state index in [9.17, 15) is 18.3 Å². The summed E-state index contributed by atoms with van der Waals surface area (Å²) >= 11 is 0. The molecule has 2 aromatic rings. The highest BCUT2D eigenvalue weighted by atomic mass is 32.2. The fourth-order valence-electron chi connectivity index (χ4n) is 1.74. The molecule has 21 heavy (non-hydrogen) atoms. The number of carboxylic acids is 1. The fourth-order valence-corrected chi connectivity index (χ4v) is 2.76. The highest BCUT2D eigenvalue weighted by molar-refractivity contribution is 7.89. The number of hydrogen-bond acceptors (Lipinski definition) is 4. The van der Waals surface area contributed by atoms with Crippen LogP contribution in [-0.4, -0.2) is 14.4 Å². The first kappa shape index (κ1) is 15.2. The minimum atomic E-state index is -3.58. The van der Waals surface area contributed by atoms with Gasteiger partial charge in [-0.25, -0.2) is 13.1 Å². The predicted octanol–water partition coefficient (Wildman–Crippen LogP) is 0.837. The van der Waals surface area contributed by atoms with Crippen LogP contribution in [0.3, 0.4) is 0 Å². The van der Waals surface area contributed by atoms with E-state index in [4.69, 9.17) is 0 Å². The largest absolute Gasteiger partial charge is 0.545 e. The van der Waals surface area contributed by atoms with Crippen molar-refractivity contribution < 1.29 is 18.3 Å². The van der Waals surface area contributed by atoms with E-state index >= 15 is 0 Å². The Kier molecular flexibility index (Phi) is 4.40. The van der Waals surface area contributed by atoms with Gasteiger partial charge in [0.05, 0.1) is 10.9 Å². The Morgan fingerprint density at radius 1 is 1.05 bits per heavy atom. The molecule has 1 N–H and O–H groups in total. The van der Waals surface area contributed by atoms with E-state index < -0.39 is 16.0 Å². The summed E-state index contributed by atoms with van der Waals surface area (Å²) in [5.41, 5.74) is 1.70. The topological polar surface area (TPSA) is 86.3 Å². The molecule has 0 fully saturated rings. The second-order valence-electron chi connectivity index (χ2n) is 4.62. The molecule has 0 aliphatic carbocycles. The van der Waals surface area contributed by atoms with Gasteiger partial charge in [0.1, 0.15) is 0 Å². The Morgan fingerprint density at radius 3 is 2.14 bits per heavy atom. The summed E-state index contributed by atoms with van der Waals surface area (Å²) in [5, 5.41) is 10.6. The first-order valence-electron chi connectivity index (χ1n) is 6.25. The first-order chi connectivity index (χ1) is 9.88. The van der Waals surface area contributed by atoms with Crippen molar-refractivity contribution in [2.75, 3.05) is 0 Å². The predicted molar refractivity (Wildman–Crippen MR) is 76.0 cm³/mol. The van der Waals surface area contributed by atoms with E-state index in [0.717, 1.165) is 5.56 Å². The number of benzene rings is 2. The van der Waals surface area contributed by atoms with Gasteiger partial charge in [0.15, 0.2) is 0 Å². The number of carbonyl (C=O) groups excluding carboxylic acids is 1. The van der Waals surface area contributed by atoms with Crippen molar-refractivity contribution in [1.82, 2.24) is 4.72 Å². The average molecular weight is 304 g/mol. The van der Waals surface area contributed by atoms with Gasteiger partial charge in [-0.05, 0) is 30.2 Å². The van der Waals surface area contributed by atoms with Crippen LogP contribution < -0.4 is 9.83 Å². The summed E-state index contributed by atoms with van der Waals surface area (Å²) < 4.78 is 26.6. The molecule has 0 saturated heterocycles. The Labute approximate surface area is 123 Å². The van der Waals surface area contributed by atoms with Gasteiger partial charge >= 0.3 is 0 Å². The lowest BCUT2D eigenvalue weighted by Crippen LogP contribution is -2.24. The zero-order chi connectivity index (χ0) is 15.5. The van der Waals surface area contributed by atoms with Gasteiger partial charge < -0.3 is 9.90 Å². The molecule has 6 heteroatoms. The van der Waals surface area contributed by atoms with Crippen LogP contribution in [0.4, 0.5) is 0 Å². The SMILES string of the molecule is Cc1ccc(S(=O)(=O)NCc2ccc(C(=O)[O-])cc2)cc1. The van der Waals surface area contributed by atoms with Crippen molar-refractivity contribution in [2.24, 2.45) is 0 Å². The van der Waals surface area contributed by atoms with Crippen molar-refractivity contribution in [3.05, 3.63) is 65.2 Å². The number of aryl methyl sites for hydroxylation is 1. The molecule has 5 nitrogen and oxygen atoms in total. The van der Waals surface area contributed by atoms with E-state index in [2.05, 4.69) is 4.72 Å². The van der Waals surface area contributed by atoms with Crippen LogP contribution in [-0.2, 0) is 16.6 Å². The monoisotopic (exact) mass is 304 g/mol. The molecule has 0 aliphatic rings. The van der Waals surface area contributed by atoms with Gasteiger partial charge in [0, 0.05) is 6.54 Å². The van der Waals surface area contributed by atoms with Gasteiger partial charge in [-0.15, -0.1) is 0 Å². The molecule has 0 unspecified atom stereocenters. The Hall–Kier alpha value is -2.18. The summed E-state index contributed by atoms with van der Waals surface area (Å²) in [4.78, 5) is 10.8. The molecule has 0 spiro atoms. The zero-order valence-electron chi connectivity index (χ0n) is 11.4. The summed E-state index contributed by atoms with van der Waals surface area (Å²) in [6, 6.07) is 12.4. The van der Waals surface area contributed by atoms with Gasteiger partial charge in [-0.2, -0.15) is 0 Å². The molecule has 0 aliphatic heterocycles. The van der Waals surface area contributed by atoms with Gasteiger partial charge in [0.2, 0.25) is 10.0 Å². The van der Waals surface area contributed by atoms with Crippen LogP contribution >= 0.6 is 0 Å². The molecule has 0 heterocycles. The zero-order valence-corrected chi connectivity index (χ0v) is 12.2. The quantitative estimate of drug-likeness (QED) is 0.886. The third-order valence-electron chi connectivity index (χ3n) is 2.99. The lowest BCUT2D eigenvalue weighted by atomic mass is 10.1. The van der Waals surface area contributed by atoms with Gasteiger partial charge in [-0.1, -0.05) is 42.0 Å². The molecule has 0 amide bonds. The maximum absolute atomic E-state index is 12.1. The van der Waals surface area contributed by atoms with Gasteiger partial charge in [0.25, 0.3) is 0 Å². The molecule has 0 bridgehead atoms. The van der Waals surface area contributed by atoms with Crippen molar-refractivity contribution >= 4 is 16.0 Å². The molecule has 0 radical (unpaired) electrons. The van der Waals surface area contributed by atoms with Crippen molar-refractivity contribution in [2.45, 2.75) is 18.4 Å². The fraction of sp³-hybridized carbons (Fsp3) is 0.133. The Morgan fingerprint density at radius 2 is 1.62 bits per heavy atom. The lowest BCUT2D eigenvalue weighted by molar-refractivity contribution is -0.255. The molecule has 0 atom stereocenters. The summed E-state index contributed by atoms with van der Waals surface area (Å²) in [6.45, 7) is 1.96. The van der Waals surface area contributed by atoms with Crippen molar-refractivity contribution in [1.29, 1.82) is 0 Å².